The molecular weight excluding hydrogens is 911 g/mol. The minimum absolute atomic E-state index is 0.0526. The van der Waals surface area contributed by atoms with Crippen LogP contribution in [0.4, 0.5) is 34.1 Å². The summed E-state index contributed by atoms with van der Waals surface area (Å²) in [6.45, 7) is 0. The van der Waals surface area contributed by atoms with Gasteiger partial charge >= 0.3 is 0 Å². The molecule has 70 heavy (non-hydrogen) atoms. The maximum Gasteiger partial charge on any atom is 0.206 e. The van der Waals surface area contributed by atoms with E-state index in [0.717, 1.165) is 10.9 Å². The molecule has 10 aromatic rings. The Hall–Kier alpha value is -8.64. The van der Waals surface area contributed by atoms with E-state index in [9.17, 15) is 26.4 Å². The molecule has 0 radical (unpaired) electrons. The summed E-state index contributed by atoms with van der Waals surface area (Å²) in [5.41, 5.74) is 6.35. The molecule has 0 amide bonds. The minimum atomic E-state index is -3.97. The van der Waals surface area contributed by atoms with E-state index in [1.54, 1.807) is 146 Å². The second-order valence-electron chi connectivity index (χ2n) is 16.6. The van der Waals surface area contributed by atoms with Crippen LogP contribution < -0.4 is 9.80 Å². The van der Waals surface area contributed by atoms with Crippen LogP contribution in [0.25, 0.3) is 10.9 Å². The molecule has 1 aromatic heterocycles. The lowest BCUT2D eigenvalue weighted by atomic mass is 10.0. The maximum absolute atomic E-state index is 14.1. The number of carbonyl (C=O) groups excluding carboxylic acids is 2. The van der Waals surface area contributed by atoms with Gasteiger partial charge in [-0.1, -0.05) is 133 Å². The highest BCUT2D eigenvalue weighted by Gasteiger charge is 2.26. The van der Waals surface area contributed by atoms with Crippen molar-refractivity contribution in [3.05, 3.63) is 265 Å². The summed E-state index contributed by atoms with van der Waals surface area (Å²) in [6.07, 6.45) is 1.98. The van der Waals surface area contributed by atoms with Gasteiger partial charge in [0.15, 0.2) is 11.6 Å². The van der Waals surface area contributed by atoms with E-state index >= 15 is 0 Å². The maximum atomic E-state index is 14.1. The number of carbonyl (C=O) groups is 2. The molecule has 10 rings (SSSR count). The molecule has 0 N–H and O–H groups in total. The Kier molecular flexibility index (Phi) is 12.1. The number of sulfone groups is 2. The highest BCUT2D eigenvalue weighted by molar-refractivity contribution is 7.91. The van der Waals surface area contributed by atoms with Crippen LogP contribution in [0.5, 0.6) is 0 Å². The molecule has 11 heteroatoms. The average Bonchev–Trinajstić information content (AvgIpc) is 3.73. The molecule has 9 nitrogen and oxygen atoms in total. The van der Waals surface area contributed by atoms with Crippen LogP contribution in [0, 0.1) is 0 Å². The lowest BCUT2D eigenvalue weighted by Crippen LogP contribution is -2.13. The molecule has 9 aromatic carbocycles. The van der Waals surface area contributed by atoms with Crippen molar-refractivity contribution in [3.8, 4) is 0 Å². The molecular formula is C59H43N3O6S2. The number of aromatic nitrogens is 1. The van der Waals surface area contributed by atoms with Crippen LogP contribution >= 0.6 is 0 Å². The van der Waals surface area contributed by atoms with Crippen molar-refractivity contribution < 1.29 is 26.4 Å². The van der Waals surface area contributed by atoms with E-state index in [2.05, 4.69) is 0 Å². The lowest BCUT2D eigenvalue weighted by Gasteiger charge is -2.28. The Bertz CT molecular complexity index is 3600. The Morgan fingerprint density at radius 3 is 1.16 bits per heavy atom. The molecule has 0 aliphatic rings. The summed E-state index contributed by atoms with van der Waals surface area (Å²) in [5, 5.41) is 0.755. The molecule has 0 fully saturated rings. The number of hydrogen-bond acceptors (Lipinski definition) is 8. The number of aryl methyl sites for hydroxylation is 1. The number of fused-ring (bicyclic) bond motifs is 1. The van der Waals surface area contributed by atoms with E-state index in [1.807, 2.05) is 119 Å². The molecule has 0 spiro atoms. The van der Waals surface area contributed by atoms with Crippen molar-refractivity contribution in [2.75, 3.05) is 9.80 Å². The first-order valence-corrected chi connectivity index (χ1v) is 25.3. The first-order valence-electron chi connectivity index (χ1n) is 22.4. The minimum Gasteiger partial charge on any atom is -0.348 e. The van der Waals surface area contributed by atoms with Gasteiger partial charge in [0.2, 0.25) is 19.7 Å². The second kappa shape index (κ2) is 18.8. The molecule has 0 saturated heterocycles. The van der Waals surface area contributed by atoms with E-state index in [-0.39, 0.29) is 31.1 Å². The Morgan fingerprint density at radius 2 is 0.714 bits per heavy atom. The fourth-order valence-corrected chi connectivity index (χ4v) is 11.3. The fourth-order valence-electron chi connectivity index (χ4n) is 8.69. The van der Waals surface area contributed by atoms with E-state index in [1.165, 1.54) is 0 Å². The van der Waals surface area contributed by atoms with E-state index in [0.29, 0.717) is 56.4 Å². The molecule has 0 aliphatic heterocycles. The van der Waals surface area contributed by atoms with Gasteiger partial charge in [0.25, 0.3) is 0 Å². The fraction of sp³-hybridized carbons (Fsp3) is 0.0169. The molecule has 0 bridgehead atoms. The van der Waals surface area contributed by atoms with E-state index in [4.69, 9.17) is 0 Å². The van der Waals surface area contributed by atoms with Gasteiger partial charge in [-0.2, -0.15) is 0 Å². The SMILES string of the molecule is Cn1cc(N(c2cccc(C(=O)c3ccccc3)c2)c2cccc(C(=O)c3ccccc3)c2)c2cc(N(c3cccc(S(=O)(=O)c4ccccc4)c3)c3cccc(S(=O)(=O)c4ccccc4)c3)ccc21. The van der Waals surface area contributed by atoms with Crippen LogP contribution in [-0.4, -0.2) is 33.0 Å². The topological polar surface area (TPSA) is 114 Å². The molecule has 0 aliphatic carbocycles. The number of ketones is 2. The van der Waals surface area contributed by atoms with Crippen LogP contribution in [0.1, 0.15) is 31.8 Å². The number of anilines is 6. The summed E-state index contributed by atoms with van der Waals surface area (Å²) in [4.78, 5) is 32.2. The number of benzene rings is 9. The van der Waals surface area contributed by atoms with Gasteiger partial charge in [0, 0.05) is 69.3 Å². The first-order chi connectivity index (χ1) is 34.0. The molecule has 0 atom stereocenters. The predicted octanol–water partition coefficient (Wildman–Crippen LogP) is 13.2. The quantitative estimate of drug-likeness (QED) is 0.0990. The Balaban J connectivity index is 1.18. The third kappa shape index (κ3) is 8.71. The summed E-state index contributed by atoms with van der Waals surface area (Å²) in [7, 11) is -6.01. The van der Waals surface area contributed by atoms with Crippen LogP contribution in [0.2, 0.25) is 0 Å². The molecule has 0 saturated carbocycles. The standard InChI is InChI=1S/C59H43N3O6S2/c1-60-41-57(62(46-24-14-22-44(36-46)58(63)42-18-6-2-7-19-42)47-25-15-23-45(37-47)59(64)43-20-8-3-9-21-43)55-40-50(34-35-56(55)60)61(48-26-16-32-53(38-48)69(65,66)51-28-10-4-11-29-51)49-27-17-33-54(39-49)70(67,68)52-30-12-5-13-31-52/h2-41H,1H3. The zero-order valence-electron chi connectivity index (χ0n) is 37.7. The normalized spacial score (nSPS) is 11.6. The zero-order chi connectivity index (χ0) is 48.4. The van der Waals surface area contributed by atoms with Crippen molar-refractivity contribution in [2.24, 2.45) is 7.05 Å². The van der Waals surface area contributed by atoms with Gasteiger partial charge in [0.1, 0.15) is 0 Å². The highest BCUT2D eigenvalue weighted by atomic mass is 32.2. The van der Waals surface area contributed by atoms with Crippen molar-refractivity contribution in [3.63, 3.8) is 0 Å². The van der Waals surface area contributed by atoms with Crippen molar-refractivity contribution in [2.45, 2.75) is 19.6 Å². The van der Waals surface area contributed by atoms with E-state index < -0.39 is 19.7 Å². The summed E-state index contributed by atoms with van der Waals surface area (Å²) in [6, 6.07) is 68.3. The van der Waals surface area contributed by atoms with Crippen molar-refractivity contribution >= 4 is 76.3 Å². The highest BCUT2D eigenvalue weighted by Crippen LogP contribution is 2.44. The van der Waals surface area contributed by atoms with Crippen molar-refractivity contribution in [1.82, 2.24) is 4.57 Å². The second-order valence-corrected chi connectivity index (χ2v) is 20.5. The smallest absolute Gasteiger partial charge is 0.206 e. The third-order valence-electron chi connectivity index (χ3n) is 12.1. The van der Waals surface area contributed by atoms with Gasteiger partial charge in [-0.25, -0.2) is 16.8 Å². The third-order valence-corrected chi connectivity index (χ3v) is 15.7. The molecule has 342 valence electrons. The van der Waals surface area contributed by atoms with Gasteiger partial charge < -0.3 is 14.4 Å². The lowest BCUT2D eigenvalue weighted by molar-refractivity contribution is 0.103. The Labute approximate surface area is 406 Å². The molecule has 1 heterocycles. The van der Waals surface area contributed by atoms with Crippen LogP contribution in [-0.2, 0) is 26.7 Å². The zero-order valence-corrected chi connectivity index (χ0v) is 39.3. The van der Waals surface area contributed by atoms with Gasteiger partial charge in [-0.3, -0.25) is 9.59 Å². The summed E-state index contributed by atoms with van der Waals surface area (Å²) >= 11 is 0. The largest absolute Gasteiger partial charge is 0.348 e. The Morgan fingerprint density at radius 1 is 0.357 bits per heavy atom. The number of hydrogen-bond donors (Lipinski definition) is 0. The monoisotopic (exact) mass is 953 g/mol. The average molecular weight is 954 g/mol. The van der Waals surface area contributed by atoms with Gasteiger partial charge in [-0.05, 0) is 103 Å². The predicted molar refractivity (Wildman–Crippen MR) is 276 cm³/mol. The van der Waals surface area contributed by atoms with Crippen molar-refractivity contribution in [1.29, 1.82) is 0 Å². The first kappa shape index (κ1) is 45.2. The summed E-state index contributed by atoms with van der Waals surface area (Å²) in [5.74, 6) is -0.307. The van der Waals surface area contributed by atoms with Gasteiger partial charge in [-0.15, -0.1) is 0 Å². The number of nitrogens with zero attached hydrogens (tertiary/aromatic N) is 3. The van der Waals surface area contributed by atoms with Gasteiger partial charge in [0.05, 0.1) is 30.8 Å². The summed E-state index contributed by atoms with van der Waals surface area (Å²) < 4.78 is 58.5. The number of rotatable bonds is 14. The van der Waals surface area contributed by atoms with Crippen LogP contribution in [0.15, 0.2) is 262 Å². The molecule has 0 unspecified atom stereocenters. The van der Waals surface area contributed by atoms with Crippen LogP contribution in [0.3, 0.4) is 0 Å².